The first kappa shape index (κ1) is 11.3. The number of fused-ring (bicyclic) bond motifs is 2. The second-order valence-corrected chi connectivity index (χ2v) is 6.23. The van der Waals surface area contributed by atoms with Crippen molar-refractivity contribution >= 4 is 0 Å². The summed E-state index contributed by atoms with van der Waals surface area (Å²) in [5, 5.41) is 0. The first-order chi connectivity index (χ1) is 8.24. The van der Waals surface area contributed by atoms with Gasteiger partial charge in [-0.15, -0.1) is 0 Å². The van der Waals surface area contributed by atoms with Gasteiger partial charge in [-0.1, -0.05) is 44.2 Å². The van der Waals surface area contributed by atoms with E-state index < -0.39 is 0 Å². The number of hydrogen-bond donors (Lipinski definition) is 0. The maximum atomic E-state index is 2.73. The summed E-state index contributed by atoms with van der Waals surface area (Å²) in [5.41, 5.74) is 1.47. The van der Waals surface area contributed by atoms with Crippen molar-refractivity contribution in [3.8, 4) is 0 Å². The molecule has 1 aromatic carbocycles. The molecule has 0 radical (unpaired) electrons. The first-order valence-electron chi connectivity index (χ1n) is 7.02. The highest BCUT2D eigenvalue weighted by atomic mass is 15.2. The summed E-state index contributed by atoms with van der Waals surface area (Å²) in [6.45, 7) is 7.28. The van der Waals surface area contributed by atoms with Crippen LogP contribution in [0, 0.1) is 17.8 Å². The molecule has 1 aliphatic carbocycles. The average molecular weight is 229 g/mol. The number of benzene rings is 1. The van der Waals surface area contributed by atoms with Crippen LogP contribution in [0.2, 0.25) is 0 Å². The van der Waals surface area contributed by atoms with Crippen LogP contribution in [0.25, 0.3) is 0 Å². The Morgan fingerprint density at radius 1 is 1.18 bits per heavy atom. The maximum Gasteiger partial charge on any atom is 0.0236 e. The zero-order valence-corrected chi connectivity index (χ0v) is 11.0. The lowest BCUT2D eigenvalue weighted by atomic mass is 9.87. The van der Waals surface area contributed by atoms with Gasteiger partial charge in [0, 0.05) is 19.1 Å². The summed E-state index contributed by atoms with van der Waals surface area (Å²) in [6.07, 6.45) is 2.93. The van der Waals surface area contributed by atoms with Gasteiger partial charge in [-0.3, -0.25) is 4.90 Å². The summed E-state index contributed by atoms with van der Waals surface area (Å²) >= 11 is 0. The van der Waals surface area contributed by atoms with E-state index in [0.29, 0.717) is 0 Å². The second kappa shape index (κ2) is 4.45. The molecule has 1 aromatic rings. The first-order valence-corrected chi connectivity index (χ1v) is 7.02. The third-order valence-corrected chi connectivity index (χ3v) is 4.72. The lowest BCUT2D eigenvalue weighted by molar-refractivity contribution is 0.122. The monoisotopic (exact) mass is 229 g/mol. The maximum absolute atomic E-state index is 2.73. The van der Waals surface area contributed by atoms with Gasteiger partial charge in [0.2, 0.25) is 0 Å². The van der Waals surface area contributed by atoms with Crippen LogP contribution in [0.15, 0.2) is 30.3 Å². The van der Waals surface area contributed by atoms with Crippen LogP contribution < -0.4 is 0 Å². The van der Waals surface area contributed by atoms with E-state index in [1.807, 2.05) is 0 Å². The number of nitrogens with zero attached hydrogens (tertiary/aromatic N) is 1. The average Bonchev–Trinajstić information content (AvgIpc) is 2.89. The van der Waals surface area contributed by atoms with Crippen molar-refractivity contribution in [1.82, 2.24) is 4.90 Å². The number of likely N-dealkylation sites (tertiary alicyclic amines) is 1. The Morgan fingerprint density at radius 2 is 1.94 bits per heavy atom. The SMILES string of the molecule is CC(C)C1C[C@H]2CC1N(Cc1ccccc1)C2. The van der Waals surface area contributed by atoms with E-state index >= 15 is 0 Å². The van der Waals surface area contributed by atoms with Crippen LogP contribution in [0.5, 0.6) is 0 Å². The molecule has 1 nitrogen and oxygen atoms in total. The molecule has 0 N–H and O–H groups in total. The Labute approximate surface area is 105 Å². The summed E-state index contributed by atoms with van der Waals surface area (Å²) in [7, 11) is 0. The third-order valence-electron chi connectivity index (χ3n) is 4.72. The highest BCUT2D eigenvalue weighted by Gasteiger charge is 2.45. The molecular weight excluding hydrogens is 206 g/mol. The Balaban J connectivity index is 1.70. The van der Waals surface area contributed by atoms with Gasteiger partial charge >= 0.3 is 0 Å². The second-order valence-electron chi connectivity index (χ2n) is 6.23. The molecule has 92 valence electrons. The van der Waals surface area contributed by atoms with Gasteiger partial charge in [-0.05, 0) is 36.2 Å². The predicted octanol–water partition coefficient (Wildman–Crippen LogP) is 3.55. The molecule has 0 aromatic heterocycles. The minimum absolute atomic E-state index is 0.851. The van der Waals surface area contributed by atoms with Crippen LogP contribution in [0.1, 0.15) is 32.3 Å². The van der Waals surface area contributed by atoms with E-state index in [4.69, 9.17) is 0 Å². The van der Waals surface area contributed by atoms with Crippen LogP contribution >= 0.6 is 0 Å². The van der Waals surface area contributed by atoms with Gasteiger partial charge in [0.05, 0.1) is 0 Å². The van der Waals surface area contributed by atoms with E-state index in [2.05, 4.69) is 49.1 Å². The minimum atomic E-state index is 0.851. The number of rotatable bonds is 3. The van der Waals surface area contributed by atoms with E-state index in [-0.39, 0.29) is 0 Å². The van der Waals surface area contributed by atoms with Crippen LogP contribution in [0.3, 0.4) is 0 Å². The molecule has 3 atom stereocenters. The van der Waals surface area contributed by atoms with E-state index in [1.165, 1.54) is 24.9 Å². The summed E-state index contributed by atoms with van der Waals surface area (Å²) < 4.78 is 0. The predicted molar refractivity (Wildman–Crippen MR) is 71.7 cm³/mol. The van der Waals surface area contributed by atoms with Crippen LogP contribution in [-0.4, -0.2) is 17.5 Å². The summed E-state index contributed by atoms with van der Waals surface area (Å²) in [4.78, 5) is 2.73. The molecule has 0 amide bonds. The van der Waals surface area contributed by atoms with Crippen molar-refractivity contribution in [3.05, 3.63) is 35.9 Å². The Hall–Kier alpha value is -0.820. The van der Waals surface area contributed by atoms with Crippen LogP contribution in [0.4, 0.5) is 0 Å². The van der Waals surface area contributed by atoms with Gasteiger partial charge in [0.25, 0.3) is 0 Å². The Morgan fingerprint density at radius 3 is 2.59 bits per heavy atom. The van der Waals surface area contributed by atoms with E-state index in [0.717, 1.165) is 30.3 Å². The topological polar surface area (TPSA) is 3.24 Å². The largest absolute Gasteiger partial charge is 0.296 e. The van der Waals surface area contributed by atoms with Gasteiger partial charge in [-0.2, -0.15) is 0 Å². The molecule has 3 rings (SSSR count). The molecule has 0 spiro atoms. The van der Waals surface area contributed by atoms with Crippen molar-refractivity contribution in [2.24, 2.45) is 17.8 Å². The molecule has 1 heterocycles. The van der Waals surface area contributed by atoms with E-state index in [1.54, 1.807) is 0 Å². The molecule has 1 saturated carbocycles. The fraction of sp³-hybridized carbons (Fsp3) is 0.625. The molecule has 2 bridgehead atoms. The lowest BCUT2D eigenvalue weighted by Crippen LogP contribution is -2.39. The van der Waals surface area contributed by atoms with E-state index in [9.17, 15) is 0 Å². The van der Waals surface area contributed by atoms with Crippen molar-refractivity contribution in [1.29, 1.82) is 0 Å². The zero-order chi connectivity index (χ0) is 11.8. The standard InChI is InChI=1S/C16H23N/c1-12(2)15-8-14-9-16(15)17(11-14)10-13-6-4-3-5-7-13/h3-7,12,14-16H,8-11H2,1-2H3/t14-,15?,16?/m0/s1. The zero-order valence-electron chi connectivity index (χ0n) is 11.0. The molecule has 2 fully saturated rings. The quantitative estimate of drug-likeness (QED) is 0.766. The Bertz CT molecular complexity index is 370. The molecule has 1 saturated heterocycles. The normalized spacial score (nSPS) is 32.5. The van der Waals surface area contributed by atoms with Crippen molar-refractivity contribution in [3.63, 3.8) is 0 Å². The van der Waals surface area contributed by atoms with Gasteiger partial charge in [-0.25, -0.2) is 0 Å². The fourth-order valence-corrected chi connectivity index (χ4v) is 3.91. The van der Waals surface area contributed by atoms with Crippen molar-refractivity contribution in [2.45, 2.75) is 39.3 Å². The van der Waals surface area contributed by atoms with Crippen molar-refractivity contribution < 1.29 is 0 Å². The number of piperidine rings is 1. The summed E-state index contributed by atoms with van der Waals surface area (Å²) in [5.74, 6) is 2.78. The Kier molecular flexibility index (Phi) is 2.96. The van der Waals surface area contributed by atoms with Crippen molar-refractivity contribution in [2.75, 3.05) is 6.54 Å². The molecular formula is C16H23N. The molecule has 1 aliphatic heterocycles. The van der Waals surface area contributed by atoms with Gasteiger partial charge < -0.3 is 0 Å². The lowest BCUT2D eigenvalue weighted by Gasteiger charge is -2.35. The molecule has 17 heavy (non-hydrogen) atoms. The molecule has 2 unspecified atom stereocenters. The highest BCUT2D eigenvalue weighted by Crippen LogP contribution is 2.45. The smallest absolute Gasteiger partial charge is 0.0236 e. The fourth-order valence-electron chi connectivity index (χ4n) is 3.91. The minimum Gasteiger partial charge on any atom is -0.296 e. The van der Waals surface area contributed by atoms with Gasteiger partial charge in [0.15, 0.2) is 0 Å². The number of hydrogen-bond acceptors (Lipinski definition) is 1. The third kappa shape index (κ3) is 2.13. The highest BCUT2D eigenvalue weighted by molar-refractivity contribution is 5.15. The molecule has 2 aliphatic rings. The van der Waals surface area contributed by atoms with Gasteiger partial charge in [0.1, 0.15) is 0 Å². The van der Waals surface area contributed by atoms with Crippen LogP contribution in [-0.2, 0) is 6.54 Å². The summed E-state index contributed by atoms with van der Waals surface area (Å²) in [6, 6.07) is 11.8. The molecule has 1 heteroatoms.